The van der Waals surface area contributed by atoms with Gasteiger partial charge in [0, 0.05) is 26.7 Å². The van der Waals surface area contributed by atoms with E-state index in [1.54, 1.807) is 7.11 Å². The van der Waals surface area contributed by atoms with Crippen LogP contribution < -0.4 is 5.32 Å². The fourth-order valence-corrected chi connectivity index (χ4v) is 1.88. The van der Waals surface area contributed by atoms with E-state index in [4.69, 9.17) is 4.74 Å². The van der Waals surface area contributed by atoms with E-state index in [0.29, 0.717) is 18.6 Å². The first-order valence-electron chi connectivity index (χ1n) is 6.13. The Bertz CT molecular complexity index is 211. The average Bonchev–Trinajstić information content (AvgIpc) is 2.27. The molecule has 1 saturated heterocycles. The highest BCUT2D eigenvalue weighted by molar-refractivity contribution is 5.77. The molecule has 1 aliphatic rings. The van der Waals surface area contributed by atoms with Crippen molar-refractivity contribution in [3.05, 3.63) is 0 Å². The van der Waals surface area contributed by atoms with Gasteiger partial charge in [-0.15, -0.1) is 0 Å². The van der Waals surface area contributed by atoms with Crippen molar-refractivity contribution in [2.24, 2.45) is 5.92 Å². The molecule has 0 saturated carbocycles. The normalized spacial score (nSPS) is 19.0. The Kier molecular flexibility index (Phi) is 5.77. The minimum Gasteiger partial charge on any atom is -0.381 e. The van der Waals surface area contributed by atoms with E-state index in [2.05, 4.69) is 24.1 Å². The molecular formula is C12H24N2O2. The van der Waals surface area contributed by atoms with Crippen molar-refractivity contribution >= 4 is 5.91 Å². The molecule has 94 valence electrons. The number of carbonyl (C=O) groups is 1. The predicted octanol–water partition coefficient (Wildman–Crippen LogP) is 0.869. The minimum absolute atomic E-state index is 0.143. The molecule has 0 aromatic carbocycles. The Balaban J connectivity index is 2.15. The van der Waals surface area contributed by atoms with Gasteiger partial charge in [-0.25, -0.2) is 0 Å². The van der Waals surface area contributed by atoms with E-state index in [-0.39, 0.29) is 5.91 Å². The third kappa shape index (κ3) is 4.94. The molecule has 0 spiro atoms. The molecular weight excluding hydrogens is 204 g/mol. The van der Waals surface area contributed by atoms with Crippen molar-refractivity contribution in [1.29, 1.82) is 0 Å². The number of nitrogens with zero attached hydrogens (tertiary/aromatic N) is 1. The lowest BCUT2D eigenvalue weighted by Crippen LogP contribution is -2.43. The molecule has 1 heterocycles. The van der Waals surface area contributed by atoms with Gasteiger partial charge < -0.3 is 10.1 Å². The topological polar surface area (TPSA) is 41.6 Å². The number of rotatable bonds is 5. The van der Waals surface area contributed by atoms with E-state index in [1.807, 2.05) is 0 Å². The van der Waals surface area contributed by atoms with Gasteiger partial charge in [0.25, 0.3) is 0 Å². The number of hydrogen-bond donors (Lipinski definition) is 1. The fourth-order valence-electron chi connectivity index (χ4n) is 1.88. The summed E-state index contributed by atoms with van der Waals surface area (Å²) in [5.41, 5.74) is 0. The van der Waals surface area contributed by atoms with Crippen LogP contribution in [-0.4, -0.2) is 50.2 Å². The van der Waals surface area contributed by atoms with Gasteiger partial charge in [0.15, 0.2) is 0 Å². The third-order valence-corrected chi connectivity index (χ3v) is 2.94. The Morgan fingerprint density at radius 2 is 2.06 bits per heavy atom. The summed E-state index contributed by atoms with van der Waals surface area (Å²) < 4.78 is 5.30. The smallest absolute Gasteiger partial charge is 0.234 e. The zero-order valence-corrected chi connectivity index (χ0v) is 10.7. The van der Waals surface area contributed by atoms with E-state index >= 15 is 0 Å². The van der Waals surface area contributed by atoms with Crippen molar-refractivity contribution < 1.29 is 9.53 Å². The van der Waals surface area contributed by atoms with Crippen molar-refractivity contribution in [3.63, 3.8) is 0 Å². The molecule has 16 heavy (non-hydrogen) atoms. The van der Waals surface area contributed by atoms with Crippen LogP contribution in [0.1, 0.15) is 26.7 Å². The van der Waals surface area contributed by atoms with E-state index in [9.17, 15) is 4.79 Å². The Hall–Kier alpha value is -0.610. The van der Waals surface area contributed by atoms with Crippen LogP contribution in [0.4, 0.5) is 0 Å². The standard InChI is InChI=1S/C12H24N2O2/c1-10(2)8-13-12(15)9-14-6-4-11(16-3)5-7-14/h10-11H,4-9H2,1-3H3,(H,13,15). The van der Waals surface area contributed by atoms with E-state index in [1.165, 1.54) is 0 Å². The maximum absolute atomic E-state index is 11.6. The first-order valence-corrected chi connectivity index (χ1v) is 6.13. The maximum atomic E-state index is 11.6. The quantitative estimate of drug-likeness (QED) is 0.759. The molecule has 4 heteroatoms. The van der Waals surface area contributed by atoms with Gasteiger partial charge in [-0.1, -0.05) is 13.8 Å². The summed E-state index contributed by atoms with van der Waals surface area (Å²) in [5, 5.41) is 2.94. The summed E-state index contributed by atoms with van der Waals surface area (Å²) in [6, 6.07) is 0. The van der Waals surface area contributed by atoms with Crippen LogP contribution in [0.25, 0.3) is 0 Å². The Labute approximate surface area is 98.3 Å². The second-order valence-corrected chi connectivity index (χ2v) is 4.91. The largest absolute Gasteiger partial charge is 0.381 e. The zero-order valence-electron chi connectivity index (χ0n) is 10.7. The van der Waals surface area contributed by atoms with Crippen LogP contribution >= 0.6 is 0 Å². The number of likely N-dealkylation sites (tertiary alicyclic amines) is 1. The highest BCUT2D eigenvalue weighted by Gasteiger charge is 2.20. The van der Waals surface area contributed by atoms with Crippen LogP contribution in [0.15, 0.2) is 0 Å². The molecule has 0 aliphatic carbocycles. The van der Waals surface area contributed by atoms with Gasteiger partial charge >= 0.3 is 0 Å². The lowest BCUT2D eigenvalue weighted by atomic mass is 10.1. The average molecular weight is 228 g/mol. The number of methoxy groups -OCH3 is 1. The molecule has 1 amide bonds. The molecule has 4 nitrogen and oxygen atoms in total. The monoisotopic (exact) mass is 228 g/mol. The Morgan fingerprint density at radius 3 is 2.56 bits per heavy atom. The summed E-state index contributed by atoms with van der Waals surface area (Å²) in [6.45, 7) is 7.44. The fraction of sp³-hybridized carbons (Fsp3) is 0.917. The molecule has 0 radical (unpaired) electrons. The molecule has 0 atom stereocenters. The van der Waals surface area contributed by atoms with Crippen molar-refractivity contribution in [3.8, 4) is 0 Å². The summed E-state index contributed by atoms with van der Waals surface area (Å²) in [4.78, 5) is 13.8. The molecule has 0 unspecified atom stereocenters. The molecule has 1 N–H and O–H groups in total. The van der Waals surface area contributed by atoms with Crippen LogP contribution in [0.2, 0.25) is 0 Å². The zero-order chi connectivity index (χ0) is 12.0. The first-order chi connectivity index (χ1) is 7.61. The second-order valence-electron chi connectivity index (χ2n) is 4.91. The summed E-state index contributed by atoms with van der Waals surface area (Å²) in [7, 11) is 1.76. The van der Waals surface area contributed by atoms with Gasteiger partial charge in [-0.05, 0) is 18.8 Å². The molecule has 0 aromatic rings. The van der Waals surface area contributed by atoms with Crippen LogP contribution in [0, 0.1) is 5.92 Å². The van der Waals surface area contributed by atoms with Crippen molar-refractivity contribution in [2.75, 3.05) is 33.3 Å². The van der Waals surface area contributed by atoms with Gasteiger partial charge in [0.2, 0.25) is 5.91 Å². The third-order valence-electron chi connectivity index (χ3n) is 2.94. The Morgan fingerprint density at radius 1 is 1.44 bits per heavy atom. The van der Waals surface area contributed by atoms with Gasteiger partial charge in [0.1, 0.15) is 0 Å². The molecule has 0 bridgehead atoms. The number of piperidine rings is 1. The first kappa shape index (κ1) is 13.5. The molecule has 1 aliphatic heterocycles. The van der Waals surface area contributed by atoms with Gasteiger partial charge in [-0.2, -0.15) is 0 Å². The van der Waals surface area contributed by atoms with Crippen molar-refractivity contribution in [1.82, 2.24) is 10.2 Å². The highest BCUT2D eigenvalue weighted by Crippen LogP contribution is 2.12. The lowest BCUT2D eigenvalue weighted by molar-refractivity contribution is -0.123. The van der Waals surface area contributed by atoms with Gasteiger partial charge in [0.05, 0.1) is 12.6 Å². The molecule has 1 rings (SSSR count). The van der Waals surface area contributed by atoms with Crippen LogP contribution in [0.5, 0.6) is 0 Å². The highest BCUT2D eigenvalue weighted by atomic mass is 16.5. The number of ether oxygens (including phenoxy) is 1. The van der Waals surface area contributed by atoms with E-state index < -0.39 is 0 Å². The summed E-state index contributed by atoms with van der Waals surface area (Å²) in [6.07, 6.45) is 2.46. The van der Waals surface area contributed by atoms with E-state index in [0.717, 1.165) is 32.5 Å². The minimum atomic E-state index is 0.143. The SMILES string of the molecule is COC1CCN(CC(=O)NCC(C)C)CC1. The number of nitrogens with one attached hydrogen (secondary N) is 1. The number of carbonyl (C=O) groups excluding carboxylic acids is 1. The van der Waals surface area contributed by atoms with Crippen LogP contribution in [-0.2, 0) is 9.53 Å². The lowest BCUT2D eigenvalue weighted by Gasteiger charge is -2.30. The summed E-state index contributed by atoms with van der Waals surface area (Å²) in [5.74, 6) is 0.660. The molecule has 1 fully saturated rings. The van der Waals surface area contributed by atoms with Gasteiger partial charge in [-0.3, -0.25) is 9.69 Å². The van der Waals surface area contributed by atoms with Crippen molar-refractivity contribution in [2.45, 2.75) is 32.8 Å². The number of hydrogen-bond acceptors (Lipinski definition) is 3. The molecule has 0 aromatic heterocycles. The summed E-state index contributed by atoms with van der Waals surface area (Å²) >= 11 is 0. The number of amides is 1. The maximum Gasteiger partial charge on any atom is 0.234 e. The van der Waals surface area contributed by atoms with Crippen LogP contribution in [0.3, 0.4) is 0 Å². The predicted molar refractivity (Wildman–Crippen MR) is 64.3 cm³/mol. The second kappa shape index (κ2) is 6.86.